The van der Waals surface area contributed by atoms with Crippen molar-refractivity contribution in [2.75, 3.05) is 17.2 Å². The van der Waals surface area contributed by atoms with Crippen LogP contribution in [0.5, 0.6) is 5.75 Å². The van der Waals surface area contributed by atoms with Crippen molar-refractivity contribution in [3.05, 3.63) is 165 Å². The third-order valence-corrected chi connectivity index (χ3v) is 10.2. The first-order valence-electron chi connectivity index (χ1n) is 16.4. The molecule has 6 aromatic rings. The van der Waals surface area contributed by atoms with E-state index >= 15 is 0 Å². The van der Waals surface area contributed by atoms with Crippen LogP contribution in [0, 0.1) is 0 Å². The number of hydrogen-bond acceptors (Lipinski definition) is 7. The molecule has 0 spiro atoms. The number of thioether (sulfide) groups is 1. The summed E-state index contributed by atoms with van der Waals surface area (Å²) in [5, 5.41) is 11.2. The number of benzene rings is 5. The molecule has 0 aliphatic rings. The van der Waals surface area contributed by atoms with Gasteiger partial charge in [0.05, 0.1) is 17.3 Å². The molecule has 266 valence electrons. The SMILES string of the molecule is CCOc1ccc(/C=C(/NC(=O)c2ccccc2)C(=O)Nc2cccc(SC(C(=O)Nc3nc(-c4ccc(Cl)cc4Cl)cs3)c3ccccc3)c2)cc1. The van der Waals surface area contributed by atoms with Gasteiger partial charge in [-0.1, -0.05) is 89.9 Å². The maximum atomic E-state index is 13.8. The number of carbonyl (C=O) groups is 3. The summed E-state index contributed by atoms with van der Waals surface area (Å²) in [5.74, 6) is -0.534. The molecule has 0 saturated heterocycles. The van der Waals surface area contributed by atoms with E-state index in [4.69, 9.17) is 27.9 Å². The molecule has 1 atom stereocenters. The Labute approximate surface area is 325 Å². The number of carbonyl (C=O) groups excluding carboxylic acids is 3. The number of nitrogens with zero attached hydrogens (tertiary/aromatic N) is 1. The van der Waals surface area contributed by atoms with Gasteiger partial charge in [-0.25, -0.2) is 4.98 Å². The molecular weight excluding hydrogens is 748 g/mol. The van der Waals surface area contributed by atoms with Gasteiger partial charge in [0.15, 0.2) is 5.13 Å². The highest BCUT2D eigenvalue weighted by atomic mass is 35.5. The fourth-order valence-corrected chi connectivity index (χ4v) is 7.44. The lowest BCUT2D eigenvalue weighted by molar-refractivity contribution is -0.116. The summed E-state index contributed by atoms with van der Waals surface area (Å²) in [7, 11) is 0. The molecule has 6 rings (SSSR count). The molecule has 0 radical (unpaired) electrons. The lowest BCUT2D eigenvalue weighted by atomic mass is 10.1. The van der Waals surface area contributed by atoms with Gasteiger partial charge in [-0.05, 0) is 84.8 Å². The average molecular weight is 780 g/mol. The fraction of sp³-hybridized carbons (Fsp3) is 0.0732. The zero-order chi connectivity index (χ0) is 37.2. The molecule has 0 aliphatic carbocycles. The summed E-state index contributed by atoms with van der Waals surface area (Å²) in [6.45, 7) is 2.43. The second-order valence-corrected chi connectivity index (χ2v) is 14.3. The molecule has 0 aliphatic heterocycles. The summed E-state index contributed by atoms with van der Waals surface area (Å²) in [5.41, 5.74) is 3.73. The largest absolute Gasteiger partial charge is 0.494 e. The molecule has 53 heavy (non-hydrogen) atoms. The van der Waals surface area contributed by atoms with Crippen LogP contribution in [-0.4, -0.2) is 29.3 Å². The normalized spacial score (nSPS) is 11.7. The topological polar surface area (TPSA) is 109 Å². The minimum Gasteiger partial charge on any atom is -0.494 e. The van der Waals surface area contributed by atoms with Crippen LogP contribution in [0.4, 0.5) is 10.8 Å². The second kappa shape index (κ2) is 17.9. The zero-order valence-electron chi connectivity index (χ0n) is 28.2. The van der Waals surface area contributed by atoms with Crippen molar-refractivity contribution in [2.24, 2.45) is 0 Å². The Balaban J connectivity index is 1.21. The van der Waals surface area contributed by atoms with Crippen molar-refractivity contribution >= 4 is 80.9 Å². The molecule has 1 heterocycles. The van der Waals surface area contributed by atoms with Gasteiger partial charge >= 0.3 is 0 Å². The number of ether oxygens (including phenoxy) is 1. The van der Waals surface area contributed by atoms with E-state index < -0.39 is 17.1 Å². The Morgan fingerprint density at radius 1 is 0.849 bits per heavy atom. The van der Waals surface area contributed by atoms with Crippen LogP contribution in [0.2, 0.25) is 10.0 Å². The van der Waals surface area contributed by atoms with Gasteiger partial charge in [-0.15, -0.1) is 23.1 Å². The molecular formula is C41H32Cl2N4O4S2. The fourth-order valence-electron chi connectivity index (χ4n) is 5.14. The highest BCUT2D eigenvalue weighted by Crippen LogP contribution is 2.38. The second-order valence-electron chi connectivity index (χ2n) is 11.4. The molecule has 8 nitrogen and oxygen atoms in total. The smallest absolute Gasteiger partial charge is 0.272 e. The van der Waals surface area contributed by atoms with Crippen LogP contribution in [0.3, 0.4) is 0 Å². The lowest BCUT2D eigenvalue weighted by Gasteiger charge is -2.17. The first kappa shape index (κ1) is 37.4. The Kier molecular flexibility index (Phi) is 12.6. The Morgan fingerprint density at radius 3 is 2.30 bits per heavy atom. The van der Waals surface area contributed by atoms with Gasteiger partial charge in [0.1, 0.15) is 16.7 Å². The van der Waals surface area contributed by atoms with E-state index in [1.165, 1.54) is 23.1 Å². The minimum absolute atomic E-state index is 0.0466. The molecule has 3 N–H and O–H groups in total. The highest BCUT2D eigenvalue weighted by Gasteiger charge is 2.24. The van der Waals surface area contributed by atoms with Crippen molar-refractivity contribution in [1.29, 1.82) is 0 Å². The quantitative estimate of drug-likeness (QED) is 0.0796. The molecule has 1 aromatic heterocycles. The third-order valence-electron chi connectivity index (χ3n) is 7.66. The maximum absolute atomic E-state index is 13.8. The van der Waals surface area contributed by atoms with Crippen LogP contribution < -0.4 is 20.7 Å². The van der Waals surface area contributed by atoms with Crippen LogP contribution in [0.25, 0.3) is 17.3 Å². The van der Waals surface area contributed by atoms with Gasteiger partial charge in [0.2, 0.25) is 5.91 Å². The predicted molar refractivity (Wildman–Crippen MR) is 216 cm³/mol. The summed E-state index contributed by atoms with van der Waals surface area (Å²) >= 11 is 15.1. The van der Waals surface area contributed by atoms with E-state index in [0.717, 1.165) is 10.5 Å². The van der Waals surface area contributed by atoms with E-state index in [-0.39, 0.29) is 11.6 Å². The number of thiazole rings is 1. The summed E-state index contributed by atoms with van der Waals surface area (Å²) < 4.78 is 5.54. The lowest BCUT2D eigenvalue weighted by Crippen LogP contribution is -2.30. The van der Waals surface area contributed by atoms with Crippen molar-refractivity contribution in [3.63, 3.8) is 0 Å². The van der Waals surface area contributed by atoms with E-state index in [1.54, 1.807) is 91.0 Å². The first-order valence-corrected chi connectivity index (χ1v) is 18.9. The van der Waals surface area contributed by atoms with E-state index in [2.05, 4.69) is 20.9 Å². The van der Waals surface area contributed by atoms with Crippen LogP contribution in [-0.2, 0) is 9.59 Å². The molecule has 0 saturated carbocycles. The van der Waals surface area contributed by atoms with E-state index in [9.17, 15) is 14.4 Å². The molecule has 12 heteroatoms. The van der Waals surface area contributed by atoms with Crippen molar-refractivity contribution in [1.82, 2.24) is 10.3 Å². The Morgan fingerprint density at radius 2 is 1.58 bits per heavy atom. The number of halogens is 2. The van der Waals surface area contributed by atoms with Crippen LogP contribution >= 0.6 is 46.3 Å². The van der Waals surface area contributed by atoms with Crippen LogP contribution in [0.15, 0.2) is 143 Å². The molecule has 5 aromatic carbocycles. The van der Waals surface area contributed by atoms with Crippen molar-refractivity contribution in [3.8, 4) is 17.0 Å². The third kappa shape index (κ3) is 10.1. The number of rotatable bonds is 13. The van der Waals surface area contributed by atoms with E-state index in [1.807, 2.05) is 54.8 Å². The number of anilines is 2. The Hall–Kier alpha value is -5.39. The Bertz CT molecular complexity index is 2250. The van der Waals surface area contributed by atoms with Crippen LogP contribution in [0.1, 0.15) is 33.7 Å². The van der Waals surface area contributed by atoms with Gasteiger partial charge in [-0.2, -0.15) is 0 Å². The van der Waals surface area contributed by atoms with Gasteiger partial charge in [0, 0.05) is 32.1 Å². The van der Waals surface area contributed by atoms with Gasteiger partial charge in [0.25, 0.3) is 11.8 Å². The standard InChI is InChI=1S/C41H32Cl2N4O4S2/c1-2-51-31-19-16-26(17-20-31)22-35(45-38(48)28-12-7-4-8-13-28)39(49)44-30-14-9-15-32(24-30)53-37(27-10-5-3-6-11-27)40(50)47-41-46-36(25-52-41)33-21-18-29(42)23-34(33)43/h3-25,37H,2H2,1H3,(H,44,49)(H,45,48)(H,46,47,50)/b35-22+. The predicted octanol–water partition coefficient (Wildman–Crippen LogP) is 10.4. The molecule has 0 bridgehead atoms. The van der Waals surface area contributed by atoms with Crippen molar-refractivity contribution in [2.45, 2.75) is 17.1 Å². The highest BCUT2D eigenvalue weighted by molar-refractivity contribution is 8.00. The molecule has 0 fully saturated rings. The number of nitrogens with one attached hydrogen (secondary N) is 3. The monoisotopic (exact) mass is 778 g/mol. The number of aromatic nitrogens is 1. The van der Waals surface area contributed by atoms with Crippen molar-refractivity contribution < 1.29 is 19.1 Å². The van der Waals surface area contributed by atoms with Gasteiger partial charge < -0.3 is 20.7 Å². The minimum atomic E-state index is -0.658. The summed E-state index contributed by atoms with van der Waals surface area (Å²) in [6, 6.07) is 37.6. The summed E-state index contributed by atoms with van der Waals surface area (Å²) in [6.07, 6.45) is 1.60. The van der Waals surface area contributed by atoms with E-state index in [0.29, 0.717) is 55.6 Å². The number of hydrogen-bond donors (Lipinski definition) is 3. The molecule has 3 amide bonds. The summed E-state index contributed by atoms with van der Waals surface area (Å²) in [4.78, 5) is 46.1. The maximum Gasteiger partial charge on any atom is 0.272 e. The van der Waals surface area contributed by atoms with Gasteiger partial charge in [-0.3, -0.25) is 14.4 Å². The first-order chi connectivity index (χ1) is 25.7. The average Bonchev–Trinajstić information content (AvgIpc) is 3.63. The zero-order valence-corrected chi connectivity index (χ0v) is 31.4. The molecule has 1 unspecified atom stereocenters. The number of amides is 3.